The summed E-state index contributed by atoms with van der Waals surface area (Å²) in [7, 11) is 0. The molecule has 0 heterocycles. The molecule has 1 saturated carbocycles. The van der Waals surface area contributed by atoms with Crippen molar-refractivity contribution in [2.45, 2.75) is 71.3 Å². The summed E-state index contributed by atoms with van der Waals surface area (Å²) < 4.78 is 0. The quantitative estimate of drug-likeness (QED) is 0.810. The van der Waals surface area contributed by atoms with Crippen molar-refractivity contribution in [2.24, 2.45) is 5.92 Å². The van der Waals surface area contributed by atoms with Crippen LogP contribution >= 0.6 is 0 Å². The molecule has 1 N–H and O–H groups in total. The number of benzene rings is 1. The van der Waals surface area contributed by atoms with Crippen LogP contribution in [-0.2, 0) is 5.41 Å². The molecule has 1 aromatic rings. The van der Waals surface area contributed by atoms with Crippen LogP contribution in [0.15, 0.2) is 24.3 Å². The molecule has 1 nitrogen and oxygen atoms in total. The highest BCUT2D eigenvalue weighted by molar-refractivity contribution is 5.32. The van der Waals surface area contributed by atoms with Gasteiger partial charge in [0.2, 0.25) is 0 Å². The summed E-state index contributed by atoms with van der Waals surface area (Å²) in [6.07, 6.45) is 5.42. The lowest BCUT2D eigenvalue weighted by Gasteiger charge is -2.50. The lowest BCUT2D eigenvalue weighted by atomic mass is 9.57. The first kappa shape index (κ1) is 15.6. The fraction of sp³-hybridized carbons (Fsp3) is 0.684. The van der Waals surface area contributed by atoms with Crippen LogP contribution in [0.2, 0.25) is 0 Å². The molecule has 0 bridgehead atoms. The molecule has 0 unspecified atom stereocenters. The Morgan fingerprint density at radius 2 is 1.75 bits per heavy atom. The first-order chi connectivity index (χ1) is 9.35. The van der Waals surface area contributed by atoms with E-state index in [1.54, 1.807) is 0 Å². The summed E-state index contributed by atoms with van der Waals surface area (Å²) in [6.45, 7) is 12.4. The van der Waals surface area contributed by atoms with E-state index >= 15 is 0 Å². The molecule has 0 amide bonds. The van der Waals surface area contributed by atoms with Gasteiger partial charge in [-0.25, -0.2) is 0 Å². The molecule has 1 aromatic carbocycles. The maximum atomic E-state index is 3.74. The predicted octanol–water partition coefficient (Wildman–Crippen LogP) is 4.83. The maximum absolute atomic E-state index is 3.74. The van der Waals surface area contributed by atoms with Crippen molar-refractivity contribution in [3.63, 3.8) is 0 Å². The number of hydrogen-bond donors (Lipinski definition) is 1. The topological polar surface area (TPSA) is 12.0 Å². The monoisotopic (exact) mass is 273 g/mol. The van der Waals surface area contributed by atoms with E-state index in [4.69, 9.17) is 0 Å². The summed E-state index contributed by atoms with van der Waals surface area (Å²) in [5.41, 5.74) is 3.47. The summed E-state index contributed by atoms with van der Waals surface area (Å²) in [5.74, 6) is 0.933. The Balaban J connectivity index is 2.11. The summed E-state index contributed by atoms with van der Waals surface area (Å²) >= 11 is 0. The zero-order valence-electron chi connectivity index (χ0n) is 13.9. The average Bonchev–Trinajstić information content (AvgIpc) is 2.32. The zero-order chi connectivity index (χ0) is 14.8. The number of rotatable bonds is 5. The van der Waals surface area contributed by atoms with E-state index in [9.17, 15) is 0 Å². The Morgan fingerprint density at radius 3 is 2.25 bits per heavy atom. The zero-order valence-corrected chi connectivity index (χ0v) is 13.9. The third-order valence-corrected chi connectivity index (χ3v) is 4.68. The summed E-state index contributed by atoms with van der Waals surface area (Å²) in [6, 6.07) is 9.23. The first-order valence-electron chi connectivity index (χ1n) is 8.17. The molecule has 112 valence electrons. The van der Waals surface area contributed by atoms with Crippen molar-refractivity contribution < 1.29 is 0 Å². The smallest absolute Gasteiger partial charge is 0.00968 e. The summed E-state index contributed by atoms with van der Waals surface area (Å²) in [4.78, 5) is 0. The van der Waals surface area contributed by atoms with E-state index in [2.05, 4.69) is 64.2 Å². The van der Waals surface area contributed by atoms with Crippen molar-refractivity contribution >= 4 is 0 Å². The average molecular weight is 273 g/mol. The molecule has 0 atom stereocenters. The van der Waals surface area contributed by atoms with Crippen molar-refractivity contribution in [1.29, 1.82) is 0 Å². The second-order valence-electron chi connectivity index (χ2n) is 7.81. The van der Waals surface area contributed by atoms with Gasteiger partial charge < -0.3 is 5.32 Å². The molecule has 0 saturated heterocycles. The Hall–Kier alpha value is -0.820. The highest BCUT2D eigenvalue weighted by atomic mass is 15.0. The van der Waals surface area contributed by atoms with Crippen LogP contribution in [0.1, 0.15) is 64.5 Å². The fourth-order valence-electron chi connectivity index (χ4n) is 3.48. The molecule has 2 rings (SSSR count). The van der Waals surface area contributed by atoms with Crippen LogP contribution in [-0.4, -0.2) is 12.1 Å². The van der Waals surface area contributed by atoms with E-state index in [1.165, 1.54) is 36.8 Å². The van der Waals surface area contributed by atoms with Gasteiger partial charge in [0.05, 0.1) is 0 Å². The van der Waals surface area contributed by atoms with Gasteiger partial charge in [-0.1, -0.05) is 49.6 Å². The molecule has 1 aliphatic rings. The van der Waals surface area contributed by atoms with E-state index in [0.717, 1.165) is 12.5 Å². The normalized spacial score (nSPS) is 26.4. The highest BCUT2D eigenvalue weighted by Crippen LogP contribution is 2.49. The van der Waals surface area contributed by atoms with Gasteiger partial charge in [0.15, 0.2) is 0 Å². The van der Waals surface area contributed by atoms with Crippen LogP contribution in [0.5, 0.6) is 0 Å². The van der Waals surface area contributed by atoms with Gasteiger partial charge in [-0.05, 0) is 52.0 Å². The SMILES string of the molecule is CCCC1CC(CNC(C)(C)C)(c2ccc(C)cc2)C1. The van der Waals surface area contributed by atoms with E-state index in [-0.39, 0.29) is 5.54 Å². The minimum absolute atomic E-state index is 0.202. The minimum atomic E-state index is 0.202. The third kappa shape index (κ3) is 3.63. The Kier molecular flexibility index (Phi) is 4.59. The third-order valence-electron chi connectivity index (χ3n) is 4.68. The molecule has 1 aliphatic carbocycles. The van der Waals surface area contributed by atoms with E-state index in [1.807, 2.05) is 0 Å². The van der Waals surface area contributed by atoms with Crippen molar-refractivity contribution in [2.75, 3.05) is 6.54 Å². The van der Waals surface area contributed by atoms with Gasteiger partial charge in [-0.2, -0.15) is 0 Å². The van der Waals surface area contributed by atoms with Crippen LogP contribution in [0.25, 0.3) is 0 Å². The fourth-order valence-corrected chi connectivity index (χ4v) is 3.48. The highest BCUT2D eigenvalue weighted by Gasteiger charge is 2.44. The molecule has 0 aliphatic heterocycles. The van der Waals surface area contributed by atoms with Gasteiger partial charge >= 0.3 is 0 Å². The second-order valence-corrected chi connectivity index (χ2v) is 7.81. The van der Waals surface area contributed by atoms with Gasteiger partial charge in [-0.3, -0.25) is 0 Å². The molecule has 0 spiro atoms. The van der Waals surface area contributed by atoms with Gasteiger partial charge in [0.1, 0.15) is 0 Å². The maximum Gasteiger partial charge on any atom is 0.00968 e. The van der Waals surface area contributed by atoms with Crippen molar-refractivity contribution in [3.05, 3.63) is 35.4 Å². The van der Waals surface area contributed by atoms with Gasteiger partial charge in [-0.15, -0.1) is 0 Å². The van der Waals surface area contributed by atoms with Gasteiger partial charge in [0, 0.05) is 17.5 Å². The largest absolute Gasteiger partial charge is 0.311 e. The predicted molar refractivity (Wildman–Crippen MR) is 88.2 cm³/mol. The van der Waals surface area contributed by atoms with Crippen molar-refractivity contribution in [3.8, 4) is 0 Å². The molecule has 0 radical (unpaired) electrons. The Labute approximate surface area is 125 Å². The number of hydrogen-bond acceptors (Lipinski definition) is 1. The Bertz CT molecular complexity index is 418. The molecule has 1 fully saturated rings. The minimum Gasteiger partial charge on any atom is -0.311 e. The van der Waals surface area contributed by atoms with Crippen LogP contribution in [0, 0.1) is 12.8 Å². The van der Waals surface area contributed by atoms with Gasteiger partial charge in [0.25, 0.3) is 0 Å². The number of nitrogens with one attached hydrogen (secondary N) is 1. The number of aryl methyl sites for hydroxylation is 1. The van der Waals surface area contributed by atoms with Crippen molar-refractivity contribution in [1.82, 2.24) is 5.32 Å². The standard InChI is InChI=1S/C19H31N/c1-6-7-16-12-19(13-16,14-20-18(3,4)5)17-10-8-15(2)9-11-17/h8-11,16,20H,6-7,12-14H2,1-5H3. The lowest BCUT2D eigenvalue weighted by Crippen LogP contribution is -2.52. The molecule has 20 heavy (non-hydrogen) atoms. The Morgan fingerprint density at radius 1 is 1.15 bits per heavy atom. The molecular formula is C19H31N. The summed E-state index contributed by atoms with van der Waals surface area (Å²) in [5, 5.41) is 3.74. The van der Waals surface area contributed by atoms with E-state index < -0.39 is 0 Å². The first-order valence-corrected chi connectivity index (χ1v) is 8.17. The van der Waals surface area contributed by atoms with E-state index in [0.29, 0.717) is 5.41 Å². The second kappa shape index (κ2) is 5.89. The van der Waals surface area contributed by atoms with Crippen LogP contribution in [0.4, 0.5) is 0 Å². The molecule has 0 aromatic heterocycles. The lowest BCUT2D eigenvalue weighted by molar-refractivity contribution is 0.120. The molecular weight excluding hydrogens is 242 g/mol. The van der Waals surface area contributed by atoms with Crippen LogP contribution < -0.4 is 5.32 Å². The molecule has 1 heteroatoms. The van der Waals surface area contributed by atoms with Crippen LogP contribution in [0.3, 0.4) is 0 Å².